The highest BCUT2D eigenvalue weighted by atomic mass is 16.2. The maximum absolute atomic E-state index is 11.6. The number of imide groups is 1. The Balaban J connectivity index is 2.09. The predicted octanol–water partition coefficient (Wildman–Crippen LogP) is 1.52. The summed E-state index contributed by atoms with van der Waals surface area (Å²) in [6.07, 6.45) is 0.374. The molecule has 84 valence electrons. The van der Waals surface area contributed by atoms with Crippen molar-refractivity contribution in [1.82, 2.24) is 10.2 Å². The second-order valence-corrected chi connectivity index (χ2v) is 4.02. The van der Waals surface area contributed by atoms with Crippen molar-refractivity contribution < 1.29 is 9.59 Å². The number of rotatable bonds is 2. The fraction of sp³-hybridized carbons (Fsp3) is 0.333. The maximum atomic E-state index is 11.6. The minimum absolute atomic E-state index is 0.0403. The van der Waals surface area contributed by atoms with E-state index in [4.69, 9.17) is 0 Å². The van der Waals surface area contributed by atoms with E-state index in [0.29, 0.717) is 13.0 Å². The molecule has 2 rings (SSSR count). The van der Waals surface area contributed by atoms with Crippen LogP contribution in [-0.4, -0.2) is 22.9 Å². The van der Waals surface area contributed by atoms with Gasteiger partial charge in [0, 0.05) is 19.0 Å². The van der Waals surface area contributed by atoms with Crippen molar-refractivity contribution in [2.75, 3.05) is 0 Å². The molecule has 1 aromatic rings. The Kier molecular flexibility index (Phi) is 2.90. The van der Waals surface area contributed by atoms with Crippen LogP contribution in [0.15, 0.2) is 30.3 Å². The lowest BCUT2D eigenvalue weighted by atomic mass is 10.1. The van der Waals surface area contributed by atoms with Crippen molar-refractivity contribution in [2.24, 2.45) is 0 Å². The van der Waals surface area contributed by atoms with Gasteiger partial charge in [-0.05, 0) is 12.5 Å². The molecule has 16 heavy (non-hydrogen) atoms. The Morgan fingerprint density at radius 2 is 2.00 bits per heavy atom. The van der Waals surface area contributed by atoms with E-state index in [-0.39, 0.29) is 18.0 Å². The zero-order valence-corrected chi connectivity index (χ0v) is 9.14. The third kappa shape index (κ3) is 2.21. The first kappa shape index (κ1) is 10.7. The van der Waals surface area contributed by atoms with E-state index in [0.717, 1.165) is 5.56 Å². The first-order valence-electron chi connectivity index (χ1n) is 5.31. The summed E-state index contributed by atoms with van der Waals surface area (Å²) in [4.78, 5) is 24.4. The summed E-state index contributed by atoms with van der Waals surface area (Å²) in [5.41, 5.74) is 1.07. The van der Waals surface area contributed by atoms with Gasteiger partial charge in [0.15, 0.2) is 0 Å². The maximum Gasteiger partial charge on any atom is 0.324 e. The van der Waals surface area contributed by atoms with Gasteiger partial charge >= 0.3 is 6.03 Å². The minimum atomic E-state index is -0.299. The molecule has 1 heterocycles. The summed E-state index contributed by atoms with van der Waals surface area (Å²) >= 11 is 0. The van der Waals surface area contributed by atoms with Crippen LogP contribution in [0.25, 0.3) is 0 Å². The molecule has 1 atom stereocenters. The summed E-state index contributed by atoms with van der Waals surface area (Å²) in [7, 11) is 0. The third-order valence-electron chi connectivity index (χ3n) is 2.72. The number of urea groups is 1. The molecule has 1 aliphatic heterocycles. The second kappa shape index (κ2) is 4.35. The van der Waals surface area contributed by atoms with Crippen LogP contribution in [0.5, 0.6) is 0 Å². The Bertz CT molecular complexity index is 403. The number of amides is 3. The molecule has 0 spiro atoms. The van der Waals surface area contributed by atoms with Crippen LogP contribution < -0.4 is 5.32 Å². The summed E-state index contributed by atoms with van der Waals surface area (Å²) in [6.45, 7) is 2.43. The van der Waals surface area contributed by atoms with Gasteiger partial charge in [-0.2, -0.15) is 0 Å². The lowest BCUT2D eigenvalue weighted by Gasteiger charge is -2.32. The standard InChI is InChI=1S/C12H14N2O2/c1-9-7-11(15)13-12(16)14(9)8-10-5-3-2-4-6-10/h2-6,9H,7-8H2,1H3,(H,13,15,16)/t9-/m0/s1. The zero-order valence-electron chi connectivity index (χ0n) is 9.14. The summed E-state index contributed by atoms with van der Waals surface area (Å²) < 4.78 is 0. The van der Waals surface area contributed by atoms with Gasteiger partial charge in [0.1, 0.15) is 0 Å². The fourth-order valence-electron chi connectivity index (χ4n) is 1.83. The SMILES string of the molecule is C[C@H]1CC(=O)NC(=O)N1Cc1ccccc1. The van der Waals surface area contributed by atoms with Crippen LogP contribution in [0.4, 0.5) is 4.79 Å². The molecule has 4 heteroatoms. The number of nitrogens with one attached hydrogen (secondary N) is 1. The highest BCUT2D eigenvalue weighted by molar-refractivity contribution is 5.97. The van der Waals surface area contributed by atoms with E-state index in [2.05, 4.69) is 5.32 Å². The molecule has 0 bridgehead atoms. The lowest BCUT2D eigenvalue weighted by Crippen LogP contribution is -2.53. The summed E-state index contributed by atoms with van der Waals surface area (Å²) in [6, 6.07) is 9.41. The van der Waals surface area contributed by atoms with Crippen molar-refractivity contribution in [1.29, 1.82) is 0 Å². The third-order valence-corrected chi connectivity index (χ3v) is 2.72. The summed E-state index contributed by atoms with van der Waals surface area (Å²) in [5, 5.41) is 2.33. The lowest BCUT2D eigenvalue weighted by molar-refractivity contribution is -0.122. The first-order chi connectivity index (χ1) is 7.66. The van der Waals surface area contributed by atoms with E-state index >= 15 is 0 Å². The van der Waals surface area contributed by atoms with Gasteiger partial charge in [-0.15, -0.1) is 0 Å². The van der Waals surface area contributed by atoms with Gasteiger partial charge in [0.05, 0.1) is 0 Å². The fourth-order valence-corrected chi connectivity index (χ4v) is 1.83. The molecule has 0 saturated carbocycles. The monoisotopic (exact) mass is 218 g/mol. The van der Waals surface area contributed by atoms with Gasteiger partial charge < -0.3 is 4.90 Å². The van der Waals surface area contributed by atoms with E-state index in [1.54, 1.807) is 4.90 Å². The van der Waals surface area contributed by atoms with Crippen LogP contribution in [0, 0.1) is 0 Å². The van der Waals surface area contributed by atoms with Gasteiger partial charge in [-0.1, -0.05) is 30.3 Å². The number of benzene rings is 1. The normalized spacial score (nSPS) is 20.8. The Morgan fingerprint density at radius 1 is 1.31 bits per heavy atom. The second-order valence-electron chi connectivity index (χ2n) is 4.02. The van der Waals surface area contributed by atoms with Crippen LogP contribution in [0.3, 0.4) is 0 Å². The Hall–Kier alpha value is -1.84. The molecule has 1 aromatic carbocycles. The van der Waals surface area contributed by atoms with E-state index in [1.807, 2.05) is 37.3 Å². The molecule has 0 aliphatic carbocycles. The van der Waals surface area contributed by atoms with E-state index in [1.165, 1.54) is 0 Å². The van der Waals surface area contributed by atoms with Crippen molar-refractivity contribution in [3.63, 3.8) is 0 Å². The van der Waals surface area contributed by atoms with E-state index in [9.17, 15) is 9.59 Å². The molecule has 1 aliphatic rings. The smallest absolute Gasteiger partial charge is 0.317 e. The average molecular weight is 218 g/mol. The Morgan fingerprint density at radius 3 is 2.62 bits per heavy atom. The van der Waals surface area contributed by atoms with Crippen LogP contribution in [0.2, 0.25) is 0 Å². The molecule has 3 amide bonds. The van der Waals surface area contributed by atoms with Crippen molar-refractivity contribution in [2.45, 2.75) is 25.9 Å². The number of carbonyl (C=O) groups is 2. The highest BCUT2D eigenvalue weighted by Gasteiger charge is 2.28. The van der Waals surface area contributed by atoms with E-state index < -0.39 is 0 Å². The number of carbonyl (C=O) groups excluding carboxylic acids is 2. The van der Waals surface area contributed by atoms with Crippen molar-refractivity contribution >= 4 is 11.9 Å². The number of hydrogen-bond acceptors (Lipinski definition) is 2. The molecular formula is C12H14N2O2. The van der Waals surface area contributed by atoms with Crippen molar-refractivity contribution in [3.05, 3.63) is 35.9 Å². The van der Waals surface area contributed by atoms with Crippen molar-refractivity contribution in [3.8, 4) is 0 Å². The molecule has 1 N–H and O–H groups in total. The summed E-state index contributed by atoms with van der Waals surface area (Å²) in [5.74, 6) is -0.193. The molecule has 0 aromatic heterocycles. The number of hydrogen-bond donors (Lipinski definition) is 1. The van der Waals surface area contributed by atoms with Crippen LogP contribution in [0.1, 0.15) is 18.9 Å². The molecule has 0 unspecified atom stereocenters. The molecule has 1 saturated heterocycles. The molecule has 1 fully saturated rings. The zero-order chi connectivity index (χ0) is 11.5. The molecular weight excluding hydrogens is 204 g/mol. The number of nitrogens with zero attached hydrogens (tertiary/aromatic N) is 1. The molecule has 4 nitrogen and oxygen atoms in total. The topological polar surface area (TPSA) is 49.4 Å². The Labute approximate surface area is 94.2 Å². The van der Waals surface area contributed by atoms with Crippen LogP contribution in [-0.2, 0) is 11.3 Å². The minimum Gasteiger partial charge on any atom is -0.317 e. The molecule has 0 radical (unpaired) electrons. The van der Waals surface area contributed by atoms with Gasteiger partial charge in [-0.25, -0.2) is 4.79 Å². The van der Waals surface area contributed by atoms with Gasteiger partial charge in [0.2, 0.25) is 5.91 Å². The largest absolute Gasteiger partial charge is 0.324 e. The van der Waals surface area contributed by atoms with Gasteiger partial charge in [-0.3, -0.25) is 10.1 Å². The highest BCUT2D eigenvalue weighted by Crippen LogP contribution is 2.14. The first-order valence-corrected chi connectivity index (χ1v) is 5.31. The average Bonchev–Trinajstić information content (AvgIpc) is 2.25. The van der Waals surface area contributed by atoms with Crippen LogP contribution >= 0.6 is 0 Å². The predicted molar refractivity (Wildman–Crippen MR) is 59.6 cm³/mol. The van der Waals surface area contributed by atoms with Gasteiger partial charge in [0.25, 0.3) is 0 Å². The quantitative estimate of drug-likeness (QED) is 0.818.